The number of nitrogens with zero attached hydrogens (tertiary/aromatic N) is 1. The Hall–Kier alpha value is -2.91. The number of amides is 2. The molecule has 0 spiro atoms. The quantitative estimate of drug-likeness (QED) is 0.478. The van der Waals surface area contributed by atoms with Crippen LogP contribution in [-0.4, -0.2) is 50.2 Å². The molecule has 0 fully saturated rings. The first-order valence-electron chi connectivity index (χ1n) is 10.7. The van der Waals surface area contributed by atoms with Crippen molar-refractivity contribution in [3.8, 4) is 0 Å². The highest BCUT2D eigenvalue weighted by atomic mass is 32.2. The average molecular weight is 461 g/mol. The van der Waals surface area contributed by atoms with Gasteiger partial charge in [-0.1, -0.05) is 26.0 Å². The maximum atomic E-state index is 12.5. The summed E-state index contributed by atoms with van der Waals surface area (Å²) in [5.41, 5.74) is 2.16. The number of hydrogen-bond acceptors (Lipinski definition) is 5. The third-order valence-electron chi connectivity index (χ3n) is 4.70. The number of rotatable bonds is 11. The van der Waals surface area contributed by atoms with Gasteiger partial charge in [0.1, 0.15) is 0 Å². The third-order valence-corrected chi connectivity index (χ3v) is 6.77. The predicted octanol–water partition coefficient (Wildman–Crippen LogP) is 2.83. The number of carbonyl (C=O) groups is 2. The van der Waals surface area contributed by atoms with E-state index in [1.807, 2.05) is 38.1 Å². The van der Waals surface area contributed by atoms with E-state index in [4.69, 9.17) is 0 Å². The van der Waals surface area contributed by atoms with Crippen molar-refractivity contribution in [2.75, 3.05) is 30.3 Å². The predicted molar refractivity (Wildman–Crippen MR) is 127 cm³/mol. The van der Waals surface area contributed by atoms with Crippen LogP contribution in [0, 0.1) is 0 Å². The minimum absolute atomic E-state index is 0.0315. The summed E-state index contributed by atoms with van der Waals surface area (Å²) in [5, 5.41) is 8.62. The number of anilines is 2. The zero-order valence-corrected chi connectivity index (χ0v) is 19.8. The van der Waals surface area contributed by atoms with Crippen LogP contribution in [0.1, 0.15) is 33.3 Å². The van der Waals surface area contributed by atoms with Gasteiger partial charge in [-0.25, -0.2) is 8.42 Å². The van der Waals surface area contributed by atoms with Gasteiger partial charge in [-0.2, -0.15) is 4.31 Å². The lowest BCUT2D eigenvalue weighted by atomic mass is 10.1. The van der Waals surface area contributed by atoms with Crippen LogP contribution in [0.25, 0.3) is 0 Å². The minimum atomic E-state index is -3.53. The zero-order chi connectivity index (χ0) is 23.7. The van der Waals surface area contributed by atoms with E-state index in [-0.39, 0.29) is 29.3 Å². The Morgan fingerprint density at radius 2 is 1.44 bits per heavy atom. The highest BCUT2D eigenvalue weighted by Gasteiger charge is 2.21. The van der Waals surface area contributed by atoms with Gasteiger partial charge >= 0.3 is 0 Å². The molecule has 0 aliphatic carbocycles. The summed E-state index contributed by atoms with van der Waals surface area (Å²) in [6, 6.07) is 13.6. The summed E-state index contributed by atoms with van der Waals surface area (Å²) in [6.07, 6.45) is 0.304. The number of hydrogen-bond donors (Lipinski definition) is 3. The van der Waals surface area contributed by atoms with Gasteiger partial charge in [-0.3, -0.25) is 9.59 Å². The highest BCUT2D eigenvalue weighted by Crippen LogP contribution is 2.18. The molecule has 2 aromatic rings. The van der Waals surface area contributed by atoms with Crippen LogP contribution in [0.3, 0.4) is 0 Å². The van der Waals surface area contributed by atoms with E-state index in [1.54, 1.807) is 26.0 Å². The van der Waals surface area contributed by atoms with E-state index < -0.39 is 10.0 Å². The Balaban J connectivity index is 1.87. The Morgan fingerprint density at radius 3 is 1.97 bits per heavy atom. The molecule has 0 saturated heterocycles. The maximum Gasteiger partial charge on any atom is 0.243 e. The molecule has 0 saturated carbocycles. The molecule has 0 bridgehead atoms. The second kappa shape index (κ2) is 11.6. The Bertz CT molecular complexity index is 999. The van der Waals surface area contributed by atoms with Crippen molar-refractivity contribution < 1.29 is 18.0 Å². The van der Waals surface area contributed by atoms with E-state index in [0.717, 1.165) is 11.3 Å². The van der Waals surface area contributed by atoms with E-state index in [9.17, 15) is 18.0 Å². The highest BCUT2D eigenvalue weighted by molar-refractivity contribution is 7.89. The lowest BCUT2D eigenvalue weighted by Gasteiger charge is -2.18. The van der Waals surface area contributed by atoms with Gasteiger partial charge in [0.05, 0.1) is 17.9 Å². The molecule has 3 N–H and O–H groups in total. The molecule has 2 rings (SSSR count). The molecule has 0 heterocycles. The summed E-state index contributed by atoms with van der Waals surface area (Å²) in [5.74, 6) is -0.291. The van der Waals surface area contributed by atoms with Crippen LogP contribution < -0.4 is 16.0 Å². The van der Waals surface area contributed by atoms with E-state index in [1.165, 1.54) is 16.4 Å². The molecular weight excluding hydrogens is 428 g/mol. The second-order valence-electron chi connectivity index (χ2n) is 7.61. The van der Waals surface area contributed by atoms with Crippen molar-refractivity contribution in [1.82, 2.24) is 9.62 Å². The van der Waals surface area contributed by atoms with Crippen molar-refractivity contribution in [3.05, 3.63) is 54.1 Å². The first-order chi connectivity index (χ1) is 15.1. The molecule has 0 aliphatic rings. The first kappa shape index (κ1) is 25.4. The summed E-state index contributed by atoms with van der Waals surface area (Å²) < 4.78 is 26.4. The van der Waals surface area contributed by atoms with Crippen molar-refractivity contribution in [2.24, 2.45) is 0 Å². The van der Waals surface area contributed by atoms with Gasteiger partial charge in [0.2, 0.25) is 21.8 Å². The van der Waals surface area contributed by atoms with Gasteiger partial charge in [-0.15, -0.1) is 0 Å². The SMILES string of the molecule is CCN(CC)S(=O)(=O)c1ccc(NC(=O)CNc2ccc(CC(=O)NC(C)C)cc2)cc1. The monoisotopic (exact) mass is 460 g/mol. The van der Waals surface area contributed by atoms with Crippen LogP contribution in [0.5, 0.6) is 0 Å². The lowest BCUT2D eigenvalue weighted by Crippen LogP contribution is -2.31. The van der Waals surface area contributed by atoms with Crippen molar-refractivity contribution >= 4 is 33.2 Å². The van der Waals surface area contributed by atoms with Gasteiger partial charge in [0.25, 0.3) is 0 Å². The van der Waals surface area contributed by atoms with Gasteiger partial charge < -0.3 is 16.0 Å². The van der Waals surface area contributed by atoms with E-state index in [2.05, 4.69) is 16.0 Å². The van der Waals surface area contributed by atoms with Gasteiger partial charge in [-0.05, 0) is 55.8 Å². The fourth-order valence-electron chi connectivity index (χ4n) is 3.11. The lowest BCUT2D eigenvalue weighted by molar-refractivity contribution is -0.121. The smallest absolute Gasteiger partial charge is 0.243 e. The summed E-state index contributed by atoms with van der Waals surface area (Å²) >= 11 is 0. The number of carbonyl (C=O) groups excluding carboxylic acids is 2. The third kappa shape index (κ3) is 7.35. The average Bonchev–Trinajstić information content (AvgIpc) is 2.73. The maximum absolute atomic E-state index is 12.5. The zero-order valence-electron chi connectivity index (χ0n) is 19.0. The molecule has 174 valence electrons. The Labute approximate surface area is 190 Å². The molecule has 0 atom stereocenters. The van der Waals surface area contributed by atoms with E-state index in [0.29, 0.717) is 25.2 Å². The van der Waals surface area contributed by atoms with Crippen LogP contribution in [0.15, 0.2) is 53.4 Å². The molecule has 0 aliphatic heterocycles. The van der Waals surface area contributed by atoms with Crippen molar-refractivity contribution in [1.29, 1.82) is 0 Å². The van der Waals surface area contributed by atoms with Crippen LogP contribution >= 0.6 is 0 Å². The minimum Gasteiger partial charge on any atom is -0.376 e. The molecule has 2 amide bonds. The standard InChI is InChI=1S/C23H32N4O4S/c1-5-27(6-2)32(30,31)21-13-11-20(12-14-21)26-23(29)16-24-19-9-7-18(8-10-19)15-22(28)25-17(3)4/h7-14,17,24H,5-6,15-16H2,1-4H3,(H,25,28)(H,26,29). The van der Waals surface area contributed by atoms with Crippen molar-refractivity contribution in [3.63, 3.8) is 0 Å². The largest absolute Gasteiger partial charge is 0.376 e. The van der Waals surface area contributed by atoms with Crippen LogP contribution in [0.4, 0.5) is 11.4 Å². The summed E-state index contributed by atoms with van der Waals surface area (Å²) in [6.45, 7) is 8.26. The number of sulfonamides is 1. The number of nitrogens with one attached hydrogen (secondary N) is 3. The molecule has 0 unspecified atom stereocenters. The topological polar surface area (TPSA) is 108 Å². The Morgan fingerprint density at radius 1 is 0.875 bits per heavy atom. The fraction of sp³-hybridized carbons (Fsp3) is 0.391. The van der Waals surface area contributed by atoms with Crippen LogP contribution in [-0.2, 0) is 26.0 Å². The molecule has 8 nitrogen and oxygen atoms in total. The van der Waals surface area contributed by atoms with E-state index >= 15 is 0 Å². The normalized spacial score (nSPS) is 11.4. The molecule has 0 radical (unpaired) electrons. The molecule has 2 aromatic carbocycles. The molecule has 0 aromatic heterocycles. The van der Waals surface area contributed by atoms with Gasteiger partial charge in [0, 0.05) is 30.5 Å². The second-order valence-corrected chi connectivity index (χ2v) is 9.55. The first-order valence-corrected chi connectivity index (χ1v) is 12.1. The van der Waals surface area contributed by atoms with Crippen molar-refractivity contribution in [2.45, 2.75) is 45.1 Å². The summed E-state index contributed by atoms with van der Waals surface area (Å²) in [7, 11) is -3.53. The number of benzene rings is 2. The molecule has 9 heteroatoms. The molecule has 32 heavy (non-hydrogen) atoms. The fourth-order valence-corrected chi connectivity index (χ4v) is 4.57. The molecular formula is C23H32N4O4S. The Kier molecular flexibility index (Phi) is 9.22. The van der Waals surface area contributed by atoms with Gasteiger partial charge in [0.15, 0.2) is 0 Å². The van der Waals surface area contributed by atoms with Crippen LogP contribution in [0.2, 0.25) is 0 Å². The summed E-state index contributed by atoms with van der Waals surface area (Å²) in [4.78, 5) is 24.2.